The summed E-state index contributed by atoms with van der Waals surface area (Å²) in [5.74, 6) is -0.509. The van der Waals surface area contributed by atoms with E-state index in [-0.39, 0.29) is 22.4 Å². The van der Waals surface area contributed by atoms with Crippen molar-refractivity contribution in [2.45, 2.75) is 38.3 Å². The number of hydrogen-bond donors (Lipinski definition) is 1. The van der Waals surface area contributed by atoms with Gasteiger partial charge in [0, 0.05) is 44.9 Å². The molecule has 0 saturated heterocycles. The van der Waals surface area contributed by atoms with E-state index >= 15 is 0 Å². The Hall–Kier alpha value is -2.71. The van der Waals surface area contributed by atoms with Crippen molar-refractivity contribution in [3.8, 4) is 0 Å². The van der Waals surface area contributed by atoms with Gasteiger partial charge in [0.05, 0.1) is 4.90 Å². The molecule has 0 aromatic heterocycles. The first-order valence-electron chi connectivity index (χ1n) is 9.23. The molecule has 29 heavy (non-hydrogen) atoms. The van der Waals surface area contributed by atoms with Crippen molar-refractivity contribution >= 4 is 27.5 Å². The molecule has 2 rings (SSSR count). The van der Waals surface area contributed by atoms with Gasteiger partial charge in [0.25, 0.3) is 5.91 Å². The second-order valence-electron chi connectivity index (χ2n) is 7.13. The van der Waals surface area contributed by atoms with E-state index in [1.807, 2.05) is 12.1 Å². The molecule has 2 aromatic rings. The number of sulfonamides is 1. The fraction of sp³-hybridized carbons (Fsp3) is 0.333. The van der Waals surface area contributed by atoms with Crippen molar-refractivity contribution in [3.05, 3.63) is 59.7 Å². The maximum absolute atomic E-state index is 12.8. The van der Waals surface area contributed by atoms with E-state index in [1.54, 1.807) is 50.1 Å². The minimum Gasteiger partial charge on any atom is -0.342 e. The van der Waals surface area contributed by atoms with E-state index < -0.39 is 15.9 Å². The van der Waals surface area contributed by atoms with Crippen LogP contribution in [0.25, 0.3) is 0 Å². The fourth-order valence-corrected chi connectivity index (χ4v) is 4.00. The molecule has 0 unspecified atom stereocenters. The van der Waals surface area contributed by atoms with Crippen LogP contribution in [-0.2, 0) is 21.4 Å². The van der Waals surface area contributed by atoms with Crippen LogP contribution in [0.3, 0.4) is 0 Å². The van der Waals surface area contributed by atoms with Crippen LogP contribution >= 0.6 is 0 Å². The molecule has 0 heterocycles. The van der Waals surface area contributed by atoms with Crippen LogP contribution in [0.15, 0.2) is 53.4 Å². The van der Waals surface area contributed by atoms with Gasteiger partial charge in [-0.25, -0.2) is 8.42 Å². The van der Waals surface area contributed by atoms with Gasteiger partial charge in [-0.2, -0.15) is 4.31 Å². The van der Waals surface area contributed by atoms with Gasteiger partial charge in [-0.15, -0.1) is 0 Å². The summed E-state index contributed by atoms with van der Waals surface area (Å²) in [6.45, 7) is 5.38. The average molecular weight is 418 g/mol. The number of carbonyl (C=O) groups excluding carboxylic acids is 2. The summed E-state index contributed by atoms with van der Waals surface area (Å²) in [7, 11) is -0.502. The molecule has 2 aromatic carbocycles. The number of carbonyl (C=O) groups is 2. The van der Waals surface area contributed by atoms with E-state index in [0.717, 1.165) is 5.56 Å². The summed E-state index contributed by atoms with van der Waals surface area (Å²) in [5.41, 5.74) is 1.58. The Bertz CT molecular complexity index is 1000. The third kappa shape index (κ3) is 5.42. The number of anilines is 1. The first-order valence-corrected chi connectivity index (χ1v) is 10.7. The third-order valence-corrected chi connectivity index (χ3v) is 6.74. The predicted molar refractivity (Wildman–Crippen MR) is 113 cm³/mol. The van der Waals surface area contributed by atoms with Crippen LogP contribution in [0.4, 0.5) is 5.69 Å². The SMILES string of the molecule is CC(=O)N(C)Cc1ccccc1NC(=O)c1cccc(S(=O)(=O)N(C)C(C)C)c1. The van der Waals surface area contributed by atoms with E-state index in [0.29, 0.717) is 12.2 Å². The predicted octanol–water partition coefficient (Wildman–Crippen LogP) is 2.95. The molecule has 156 valence electrons. The summed E-state index contributed by atoms with van der Waals surface area (Å²) in [6.07, 6.45) is 0. The van der Waals surface area contributed by atoms with Gasteiger partial charge in [0.15, 0.2) is 0 Å². The average Bonchev–Trinajstić information content (AvgIpc) is 2.68. The molecule has 0 saturated carbocycles. The van der Waals surface area contributed by atoms with Gasteiger partial charge < -0.3 is 10.2 Å². The van der Waals surface area contributed by atoms with Crippen LogP contribution in [0.1, 0.15) is 36.7 Å². The molecular weight excluding hydrogens is 390 g/mol. The molecule has 0 fully saturated rings. The van der Waals surface area contributed by atoms with Crippen LogP contribution in [-0.4, -0.2) is 49.6 Å². The first-order chi connectivity index (χ1) is 13.5. The Balaban J connectivity index is 2.29. The zero-order chi connectivity index (χ0) is 21.8. The quantitative estimate of drug-likeness (QED) is 0.750. The third-order valence-electron chi connectivity index (χ3n) is 4.71. The molecule has 0 spiro atoms. The van der Waals surface area contributed by atoms with Gasteiger partial charge in [-0.05, 0) is 43.7 Å². The highest BCUT2D eigenvalue weighted by atomic mass is 32.2. The monoisotopic (exact) mass is 417 g/mol. The molecule has 0 aliphatic rings. The minimum absolute atomic E-state index is 0.0611. The normalized spacial score (nSPS) is 11.6. The molecule has 0 bridgehead atoms. The van der Waals surface area contributed by atoms with Gasteiger partial charge in [-0.1, -0.05) is 24.3 Å². The topological polar surface area (TPSA) is 86.8 Å². The van der Waals surface area contributed by atoms with Crippen molar-refractivity contribution < 1.29 is 18.0 Å². The van der Waals surface area contributed by atoms with Gasteiger partial charge in [-0.3, -0.25) is 9.59 Å². The van der Waals surface area contributed by atoms with Crippen LogP contribution in [0.2, 0.25) is 0 Å². The minimum atomic E-state index is -3.69. The van der Waals surface area contributed by atoms with Crippen molar-refractivity contribution in [3.63, 3.8) is 0 Å². The summed E-state index contributed by atoms with van der Waals surface area (Å²) >= 11 is 0. The van der Waals surface area contributed by atoms with E-state index in [4.69, 9.17) is 0 Å². The summed E-state index contributed by atoms with van der Waals surface area (Å²) in [4.78, 5) is 25.9. The number of benzene rings is 2. The van der Waals surface area contributed by atoms with E-state index in [2.05, 4.69) is 5.32 Å². The van der Waals surface area contributed by atoms with Gasteiger partial charge >= 0.3 is 0 Å². The zero-order valence-electron chi connectivity index (χ0n) is 17.3. The lowest BCUT2D eigenvalue weighted by atomic mass is 10.1. The summed E-state index contributed by atoms with van der Waals surface area (Å²) < 4.78 is 26.7. The first kappa shape index (κ1) is 22.6. The highest BCUT2D eigenvalue weighted by molar-refractivity contribution is 7.89. The van der Waals surface area contributed by atoms with Crippen molar-refractivity contribution in [2.24, 2.45) is 0 Å². The largest absolute Gasteiger partial charge is 0.342 e. The van der Waals surface area contributed by atoms with Crippen LogP contribution in [0.5, 0.6) is 0 Å². The van der Waals surface area contributed by atoms with Crippen LogP contribution in [0, 0.1) is 0 Å². The standard InChI is InChI=1S/C21H27N3O4S/c1-15(2)24(5)29(27,28)19-11-8-10-17(13-19)21(26)22-20-12-7-6-9-18(20)14-23(4)16(3)25/h6-13,15H,14H2,1-5H3,(H,22,26). The highest BCUT2D eigenvalue weighted by Crippen LogP contribution is 2.21. The highest BCUT2D eigenvalue weighted by Gasteiger charge is 2.24. The molecule has 0 aliphatic heterocycles. The Labute approximate surface area is 172 Å². The maximum Gasteiger partial charge on any atom is 0.255 e. The van der Waals surface area contributed by atoms with Gasteiger partial charge in [0.2, 0.25) is 15.9 Å². The lowest BCUT2D eigenvalue weighted by molar-refractivity contribution is -0.128. The number of rotatable bonds is 7. The molecule has 0 radical (unpaired) electrons. The number of para-hydroxylation sites is 1. The maximum atomic E-state index is 12.8. The number of amides is 2. The number of nitrogens with zero attached hydrogens (tertiary/aromatic N) is 2. The Morgan fingerprint density at radius 3 is 2.31 bits per heavy atom. The number of hydrogen-bond acceptors (Lipinski definition) is 4. The Morgan fingerprint density at radius 1 is 1.03 bits per heavy atom. The molecule has 0 atom stereocenters. The molecule has 8 heteroatoms. The molecule has 0 aliphatic carbocycles. The van der Waals surface area contributed by atoms with E-state index in [1.165, 1.54) is 30.4 Å². The smallest absolute Gasteiger partial charge is 0.255 e. The lowest BCUT2D eigenvalue weighted by Gasteiger charge is -2.21. The second-order valence-corrected chi connectivity index (χ2v) is 9.13. The molecule has 7 nitrogen and oxygen atoms in total. The Morgan fingerprint density at radius 2 is 1.69 bits per heavy atom. The number of nitrogens with one attached hydrogen (secondary N) is 1. The Kier molecular flexibility index (Phi) is 7.16. The molecule has 2 amide bonds. The van der Waals surface area contributed by atoms with Crippen molar-refractivity contribution in [1.29, 1.82) is 0 Å². The lowest BCUT2D eigenvalue weighted by Crippen LogP contribution is -2.33. The fourth-order valence-electron chi connectivity index (χ4n) is 2.58. The summed E-state index contributed by atoms with van der Waals surface area (Å²) in [5, 5.41) is 2.82. The molecule has 1 N–H and O–H groups in total. The second kappa shape index (κ2) is 9.19. The van der Waals surface area contributed by atoms with Gasteiger partial charge in [0.1, 0.15) is 0 Å². The zero-order valence-corrected chi connectivity index (χ0v) is 18.2. The summed E-state index contributed by atoms with van der Waals surface area (Å²) in [6, 6.07) is 12.9. The van der Waals surface area contributed by atoms with Crippen molar-refractivity contribution in [2.75, 3.05) is 19.4 Å². The van der Waals surface area contributed by atoms with Crippen LogP contribution < -0.4 is 5.32 Å². The van der Waals surface area contributed by atoms with Crippen molar-refractivity contribution in [1.82, 2.24) is 9.21 Å². The molecular formula is C21H27N3O4S. The van der Waals surface area contributed by atoms with E-state index in [9.17, 15) is 18.0 Å².